The van der Waals surface area contributed by atoms with Crippen LogP contribution in [0, 0.1) is 0 Å². The van der Waals surface area contributed by atoms with Gasteiger partial charge in [-0.3, -0.25) is 4.98 Å². The van der Waals surface area contributed by atoms with Crippen LogP contribution < -0.4 is 5.32 Å². The van der Waals surface area contributed by atoms with E-state index in [2.05, 4.69) is 15.3 Å². The number of aromatic nitrogens is 3. The summed E-state index contributed by atoms with van der Waals surface area (Å²) in [6.07, 6.45) is 7.47. The molecule has 0 fully saturated rings. The number of hydrogen-bond donors (Lipinski definition) is 1. The van der Waals surface area contributed by atoms with Crippen molar-refractivity contribution in [3.63, 3.8) is 0 Å². The first-order valence-electron chi connectivity index (χ1n) is 6.04. The van der Waals surface area contributed by atoms with Crippen molar-refractivity contribution in [1.82, 2.24) is 19.7 Å². The van der Waals surface area contributed by atoms with E-state index in [9.17, 15) is 0 Å². The molecule has 0 saturated heterocycles. The second-order valence-corrected chi connectivity index (χ2v) is 4.75. The fourth-order valence-electron chi connectivity index (χ4n) is 1.94. The first kappa shape index (κ1) is 12.1. The minimum absolute atomic E-state index is 0.708. The number of nitrogens with one attached hydrogen (secondary N) is 1. The second-order valence-electron chi connectivity index (χ2n) is 4.31. The molecule has 3 aromatic rings. The van der Waals surface area contributed by atoms with Crippen molar-refractivity contribution in [3.8, 4) is 0 Å². The zero-order valence-electron chi connectivity index (χ0n) is 10.3. The molecule has 3 heterocycles. The fourth-order valence-corrected chi connectivity index (χ4v) is 2.11. The van der Waals surface area contributed by atoms with E-state index in [0.29, 0.717) is 11.6 Å². The molecular weight excluding hydrogens is 260 g/mol. The van der Waals surface area contributed by atoms with Crippen molar-refractivity contribution in [3.05, 3.63) is 65.3 Å². The van der Waals surface area contributed by atoms with Crippen LogP contribution in [0.1, 0.15) is 11.3 Å². The molecule has 96 valence electrons. The number of halogens is 1. The van der Waals surface area contributed by atoms with Gasteiger partial charge in [-0.15, -0.1) is 0 Å². The minimum atomic E-state index is 0.708. The predicted molar refractivity (Wildman–Crippen MR) is 75.0 cm³/mol. The maximum atomic E-state index is 5.94. The maximum absolute atomic E-state index is 5.94. The van der Waals surface area contributed by atoms with Gasteiger partial charge in [-0.05, 0) is 23.8 Å². The summed E-state index contributed by atoms with van der Waals surface area (Å²) < 4.78 is 1.93. The van der Waals surface area contributed by atoms with Crippen LogP contribution in [0.5, 0.6) is 0 Å². The van der Waals surface area contributed by atoms with E-state index in [1.165, 1.54) is 0 Å². The van der Waals surface area contributed by atoms with E-state index in [0.717, 1.165) is 23.4 Å². The van der Waals surface area contributed by atoms with Crippen molar-refractivity contribution in [1.29, 1.82) is 0 Å². The molecule has 0 aromatic carbocycles. The highest BCUT2D eigenvalue weighted by molar-refractivity contribution is 6.30. The zero-order chi connectivity index (χ0) is 13.1. The molecule has 0 aliphatic heterocycles. The third kappa shape index (κ3) is 2.92. The van der Waals surface area contributed by atoms with Crippen LogP contribution in [0.3, 0.4) is 0 Å². The van der Waals surface area contributed by atoms with Crippen LogP contribution >= 0.6 is 11.6 Å². The van der Waals surface area contributed by atoms with Crippen molar-refractivity contribution < 1.29 is 0 Å². The normalized spacial score (nSPS) is 11.0. The number of rotatable bonds is 4. The topological polar surface area (TPSA) is 42.2 Å². The summed E-state index contributed by atoms with van der Waals surface area (Å²) in [6, 6.07) is 7.73. The van der Waals surface area contributed by atoms with Crippen LogP contribution in [0.2, 0.25) is 5.02 Å². The maximum Gasteiger partial charge on any atom is 0.137 e. The quantitative estimate of drug-likeness (QED) is 0.794. The first-order chi connectivity index (χ1) is 9.31. The van der Waals surface area contributed by atoms with Crippen LogP contribution in [-0.4, -0.2) is 14.4 Å². The Morgan fingerprint density at radius 2 is 2.11 bits per heavy atom. The van der Waals surface area contributed by atoms with Gasteiger partial charge in [0.25, 0.3) is 0 Å². The van der Waals surface area contributed by atoms with Gasteiger partial charge in [0.1, 0.15) is 5.65 Å². The highest BCUT2D eigenvalue weighted by atomic mass is 35.5. The number of fused-ring (bicyclic) bond motifs is 1. The Morgan fingerprint density at radius 1 is 1.16 bits per heavy atom. The molecule has 19 heavy (non-hydrogen) atoms. The van der Waals surface area contributed by atoms with Crippen molar-refractivity contribution in [2.75, 3.05) is 0 Å². The molecule has 0 radical (unpaired) electrons. The third-order valence-corrected chi connectivity index (χ3v) is 3.05. The molecule has 0 atom stereocenters. The summed E-state index contributed by atoms with van der Waals surface area (Å²) in [5, 5.41) is 4.05. The molecule has 0 bridgehead atoms. The fraction of sp³-hybridized carbons (Fsp3) is 0.143. The molecule has 4 nitrogen and oxygen atoms in total. The molecule has 0 spiro atoms. The number of hydrogen-bond acceptors (Lipinski definition) is 3. The summed E-state index contributed by atoms with van der Waals surface area (Å²) in [4.78, 5) is 8.59. The second kappa shape index (κ2) is 5.38. The standard InChI is InChI=1S/C14H13ClN4/c15-12-3-4-14-18-13(10-19(14)9-12)8-17-7-11-2-1-5-16-6-11/h1-6,9-10,17H,7-8H2. The molecule has 5 heteroatoms. The van der Waals surface area contributed by atoms with Gasteiger partial charge in [0, 0.05) is 37.9 Å². The van der Waals surface area contributed by atoms with Crippen molar-refractivity contribution in [2.45, 2.75) is 13.1 Å². The Hall–Kier alpha value is -1.91. The van der Waals surface area contributed by atoms with Crippen LogP contribution in [0.15, 0.2) is 49.1 Å². The lowest BCUT2D eigenvalue weighted by Crippen LogP contribution is -2.12. The molecule has 0 unspecified atom stereocenters. The highest BCUT2D eigenvalue weighted by Crippen LogP contribution is 2.11. The Labute approximate surface area is 116 Å². The van der Waals surface area contributed by atoms with Gasteiger partial charge in [-0.1, -0.05) is 17.7 Å². The largest absolute Gasteiger partial charge is 0.307 e. The van der Waals surface area contributed by atoms with Gasteiger partial charge in [-0.25, -0.2) is 4.98 Å². The van der Waals surface area contributed by atoms with Gasteiger partial charge in [-0.2, -0.15) is 0 Å². The summed E-state index contributed by atoms with van der Waals surface area (Å²) in [6.45, 7) is 1.50. The predicted octanol–water partition coefficient (Wildman–Crippen LogP) is 2.67. The van der Waals surface area contributed by atoms with E-state index in [1.807, 2.05) is 47.3 Å². The monoisotopic (exact) mass is 272 g/mol. The lowest BCUT2D eigenvalue weighted by molar-refractivity contribution is 0.681. The van der Waals surface area contributed by atoms with Crippen molar-refractivity contribution >= 4 is 17.2 Å². The summed E-state index contributed by atoms with van der Waals surface area (Å²) >= 11 is 5.94. The Morgan fingerprint density at radius 3 is 2.95 bits per heavy atom. The van der Waals surface area contributed by atoms with Crippen LogP contribution in [0.4, 0.5) is 0 Å². The lowest BCUT2D eigenvalue weighted by Gasteiger charge is -2.01. The van der Waals surface area contributed by atoms with Gasteiger partial charge < -0.3 is 9.72 Å². The molecule has 3 rings (SSSR count). The van der Waals surface area contributed by atoms with E-state index in [1.54, 1.807) is 6.20 Å². The summed E-state index contributed by atoms with van der Waals surface area (Å²) in [5.74, 6) is 0. The number of imidazole rings is 1. The van der Waals surface area contributed by atoms with Crippen LogP contribution in [-0.2, 0) is 13.1 Å². The summed E-state index contributed by atoms with van der Waals surface area (Å²) in [5.41, 5.74) is 3.06. The Kier molecular flexibility index (Phi) is 3.44. The average molecular weight is 273 g/mol. The Bertz CT molecular complexity index is 678. The van der Waals surface area contributed by atoms with E-state index >= 15 is 0 Å². The van der Waals surface area contributed by atoms with Gasteiger partial charge in [0.2, 0.25) is 0 Å². The molecule has 1 N–H and O–H groups in total. The summed E-state index contributed by atoms with van der Waals surface area (Å²) in [7, 11) is 0. The van der Waals surface area contributed by atoms with E-state index in [4.69, 9.17) is 11.6 Å². The van der Waals surface area contributed by atoms with Gasteiger partial charge in [0.15, 0.2) is 0 Å². The Balaban J connectivity index is 1.65. The molecule has 0 aliphatic rings. The average Bonchev–Trinajstić information content (AvgIpc) is 2.82. The van der Waals surface area contributed by atoms with E-state index in [-0.39, 0.29) is 0 Å². The molecule has 0 aliphatic carbocycles. The van der Waals surface area contributed by atoms with Gasteiger partial charge >= 0.3 is 0 Å². The molecular formula is C14H13ClN4. The molecule has 3 aromatic heterocycles. The first-order valence-corrected chi connectivity index (χ1v) is 6.42. The van der Waals surface area contributed by atoms with Crippen LogP contribution in [0.25, 0.3) is 5.65 Å². The number of nitrogens with zero attached hydrogens (tertiary/aromatic N) is 3. The number of pyridine rings is 2. The van der Waals surface area contributed by atoms with Gasteiger partial charge in [0.05, 0.1) is 10.7 Å². The van der Waals surface area contributed by atoms with Crippen molar-refractivity contribution in [2.24, 2.45) is 0 Å². The zero-order valence-corrected chi connectivity index (χ0v) is 11.0. The SMILES string of the molecule is Clc1ccc2nc(CNCc3cccnc3)cn2c1. The minimum Gasteiger partial charge on any atom is -0.307 e. The highest BCUT2D eigenvalue weighted by Gasteiger charge is 2.01. The molecule has 0 saturated carbocycles. The third-order valence-electron chi connectivity index (χ3n) is 2.82. The van der Waals surface area contributed by atoms with E-state index < -0.39 is 0 Å². The molecule has 0 amide bonds. The lowest BCUT2D eigenvalue weighted by atomic mass is 10.3. The smallest absolute Gasteiger partial charge is 0.137 e.